The molecule has 14 heteroatoms. The van der Waals surface area contributed by atoms with Crippen molar-refractivity contribution in [2.45, 2.75) is 110 Å². The predicted octanol–water partition coefficient (Wildman–Crippen LogP) is 3.35. The summed E-state index contributed by atoms with van der Waals surface area (Å²) < 4.78 is 18.9. The van der Waals surface area contributed by atoms with Crippen molar-refractivity contribution in [2.75, 3.05) is 13.2 Å². The van der Waals surface area contributed by atoms with Crippen LogP contribution in [0.4, 0.5) is 0 Å². The van der Waals surface area contributed by atoms with Crippen LogP contribution >= 0.6 is 0 Å². The Bertz CT molecular complexity index is 1280. The Morgan fingerprint density at radius 3 is 2.46 bits per heavy atom. The van der Waals surface area contributed by atoms with Gasteiger partial charge in [-0.1, -0.05) is 59.1 Å². The molecule has 5 N–H and O–H groups in total. The van der Waals surface area contributed by atoms with Gasteiger partial charge in [0.05, 0.1) is 17.6 Å². The van der Waals surface area contributed by atoms with E-state index in [0.29, 0.717) is 36.3 Å². The molecule has 6 atom stereocenters. The van der Waals surface area contributed by atoms with E-state index in [1.165, 1.54) is 0 Å². The summed E-state index contributed by atoms with van der Waals surface area (Å²) >= 11 is 0. The number of guanidine groups is 1. The second-order valence-electron chi connectivity index (χ2n) is 14.5. The number of nitrogens with two attached hydrogens (primary N) is 1. The van der Waals surface area contributed by atoms with Gasteiger partial charge in [0.15, 0.2) is 11.6 Å². The molecular weight excluding hydrogens is 591 g/mol. The highest BCUT2D eigenvalue weighted by molar-refractivity contribution is 6.48. The molecule has 254 valence electrons. The van der Waals surface area contributed by atoms with E-state index in [2.05, 4.69) is 64.1 Å². The van der Waals surface area contributed by atoms with Crippen molar-refractivity contribution < 1.29 is 28.7 Å². The molecule has 0 radical (unpaired) electrons. The molecule has 46 heavy (non-hydrogen) atoms. The maximum absolute atomic E-state index is 13.8. The molecule has 0 unspecified atom stereocenters. The summed E-state index contributed by atoms with van der Waals surface area (Å²) in [6, 6.07) is 6.62. The van der Waals surface area contributed by atoms with Crippen LogP contribution in [0, 0.1) is 33.3 Å². The third-order valence-electron chi connectivity index (χ3n) is 10.1. The molecule has 0 aromatic heterocycles. The van der Waals surface area contributed by atoms with Crippen molar-refractivity contribution in [3.05, 3.63) is 39.9 Å². The molecule has 1 aromatic carbocycles. The summed E-state index contributed by atoms with van der Waals surface area (Å²) in [7, 11) is -0.609. The number of carbonyl (C=O) groups is 2. The number of amides is 2. The Kier molecular flexibility index (Phi) is 11.2. The average molecular weight is 643 g/mol. The fourth-order valence-corrected chi connectivity index (χ4v) is 7.33. The lowest BCUT2D eigenvalue weighted by molar-refractivity contribution is -0.525. The molecule has 4 fully saturated rings. The van der Waals surface area contributed by atoms with Crippen molar-refractivity contribution in [3.63, 3.8) is 0 Å². The van der Waals surface area contributed by atoms with Crippen LogP contribution in [0.25, 0.3) is 0 Å². The van der Waals surface area contributed by atoms with Gasteiger partial charge in [0, 0.05) is 6.54 Å². The fourth-order valence-electron chi connectivity index (χ4n) is 7.33. The molecular formula is C32H51BN6O7. The van der Waals surface area contributed by atoms with Crippen LogP contribution in [0.2, 0.25) is 0 Å². The number of hydrazine groups is 1. The number of rotatable bonds is 15. The van der Waals surface area contributed by atoms with Gasteiger partial charge in [-0.25, -0.2) is 15.1 Å². The van der Waals surface area contributed by atoms with E-state index in [4.69, 9.17) is 19.8 Å². The Labute approximate surface area is 272 Å². The largest absolute Gasteiger partial charge is 0.484 e. The van der Waals surface area contributed by atoms with Crippen molar-refractivity contribution >= 4 is 24.9 Å². The third kappa shape index (κ3) is 8.30. The number of benzene rings is 1. The van der Waals surface area contributed by atoms with Gasteiger partial charge in [0.1, 0.15) is 11.8 Å². The van der Waals surface area contributed by atoms with Crippen LogP contribution in [-0.2, 0) is 18.9 Å². The van der Waals surface area contributed by atoms with Gasteiger partial charge in [0.25, 0.3) is 11.9 Å². The van der Waals surface area contributed by atoms with Gasteiger partial charge >= 0.3 is 7.12 Å². The molecule has 0 spiro atoms. The highest BCUT2D eigenvalue weighted by atomic mass is 16.7. The number of ether oxygens (including phenoxy) is 1. The first kappa shape index (κ1) is 35.5. The summed E-state index contributed by atoms with van der Waals surface area (Å²) in [6.07, 6.45) is 3.21. The second kappa shape index (κ2) is 14.6. The van der Waals surface area contributed by atoms with Gasteiger partial charge in [-0.2, -0.15) is 0 Å². The van der Waals surface area contributed by atoms with E-state index in [1.807, 2.05) is 24.3 Å². The van der Waals surface area contributed by atoms with Gasteiger partial charge in [-0.05, 0) is 85.8 Å². The van der Waals surface area contributed by atoms with E-state index in [9.17, 15) is 19.7 Å². The summed E-state index contributed by atoms with van der Waals surface area (Å²) in [5, 5.41) is 15.8. The monoisotopic (exact) mass is 642 g/mol. The predicted molar refractivity (Wildman–Crippen MR) is 175 cm³/mol. The minimum atomic E-state index is -0.917. The average Bonchev–Trinajstić information content (AvgIpc) is 3.34. The maximum atomic E-state index is 13.8. The lowest BCUT2D eigenvalue weighted by Gasteiger charge is -2.64. The van der Waals surface area contributed by atoms with Gasteiger partial charge in [0.2, 0.25) is 5.91 Å². The lowest BCUT2D eigenvalue weighted by Crippen LogP contribution is -2.65. The van der Waals surface area contributed by atoms with Crippen molar-refractivity contribution in [3.8, 4) is 5.75 Å². The first-order valence-corrected chi connectivity index (χ1v) is 16.5. The molecule has 1 heterocycles. The zero-order chi connectivity index (χ0) is 33.8. The van der Waals surface area contributed by atoms with Crippen molar-refractivity contribution in [1.29, 1.82) is 0 Å². The van der Waals surface area contributed by atoms with E-state index in [1.54, 1.807) is 5.43 Å². The van der Waals surface area contributed by atoms with Crippen LogP contribution in [0.5, 0.6) is 5.75 Å². The third-order valence-corrected chi connectivity index (χ3v) is 10.1. The molecule has 4 aliphatic rings. The van der Waals surface area contributed by atoms with Gasteiger partial charge in [-0.3, -0.25) is 9.59 Å². The molecule has 2 amide bonds. The van der Waals surface area contributed by atoms with E-state index in [0.717, 1.165) is 18.4 Å². The number of hydrogen-bond donors (Lipinski definition) is 4. The zero-order valence-electron chi connectivity index (χ0n) is 28.2. The Morgan fingerprint density at radius 1 is 1.15 bits per heavy atom. The minimum Gasteiger partial charge on any atom is -0.484 e. The standard InChI is InChI=1S/C32H51BN6O7/c1-19(2)15-27(33-45-26-17-22-16-25(31(22,5)6)32(26,7)46-33)37-29(41)24(9-8-14-35-30(34)38-39(42)43)36-28(40)18-44-23-12-10-21(11-13-23)20(3)4/h10-13,19-20,22,24-27H,8-9,14-18H2,1-7H3,(H,36,40)(H,37,41)(H3,34,35,38)/t22-,24+,25-,26-,27+,32+/m1/s1. The molecule has 3 aliphatic carbocycles. The minimum absolute atomic E-state index is 0.0285. The molecule has 13 nitrogen and oxygen atoms in total. The fraction of sp³-hybridized carbons (Fsp3) is 0.719. The van der Waals surface area contributed by atoms with E-state index in [-0.39, 0.29) is 48.9 Å². The first-order valence-electron chi connectivity index (χ1n) is 16.5. The topological polar surface area (TPSA) is 179 Å². The number of carbonyl (C=O) groups excluding carboxylic acids is 2. The number of nitrogens with zero attached hydrogens (tertiary/aromatic N) is 2. The van der Waals surface area contributed by atoms with Crippen molar-refractivity contribution in [2.24, 2.45) is 33.9 Å². The smallest absolute Gasteiger partial charge is 0.481 e. The van der Waals surface area contributed by atoms with Crippen molar-refractivity contribution in [1.82, 2.24) is 16.1 Å². The van der Waals surface area contributed by atoms with Crippen LogP contribution in [0.3, 0.4) is 0 Å². The molecule has 1 saturated heterocycles. The normalized spacial score (nSPS) is 26.2. The van der Waals surface area contributed by atoms with Crippen LogP contribution in [0.1, 0.15) is 92.1 Å². The molecule has 5 rings (SSSR count). The highest BCUT2D eigenvalue weighted by Gasteiger charge is 2.68. The maximum Gasteiger partial charge on any atom is 0.481 e. The highest BCUT2D eigenvalue weighted by Crippen LogP contribution is 2.65. The van der Waals surface area contributed by atoms with E-state index < -0.39 is 35.6 Å². The number of aliphatic imine (C=N–C) groups is 1. The lowest BCUT2D eigenvalue weighted by atomic mass is 9.43. The van der Waals surface area contributed by atoms with Crippen LogP contribution in [-0.4, -0.2) is 66.8 Å². The van der Waals surface area contributed by atoms with Crippen LogP contribution in [0.15, 0.2) is 29.3 Å². The van der Waals surface area contributed by atoms with Gasteiger partial charge in [-0.15, -0.1) is 0 Å². The quantitative estimate of drug-likeness (QED) is 0.0558. The summed E-state index contributed by atoms with van der Waals surface area (Å²) in [5.74, 6) is 0.548. The Hall–Kier alpha value is -3.39. The summed E-state index contributed by atoms with van der Waals surface area (Å²) in [5.41, 5.74) is 8.25. The van der Waals surface area contributed by atoms with Crippen LogP contribution < -0.4 is 26.5 Å². The van der Waals surface area contributed by atoms with E-state index >= 15 is 0 Å². The SMILES string of the molecule is CC(C)C[C@H](NC(=O)[C@H](CCCN=C(N)N[N+](=O)[O-])NC(=O)COc1ccc(C(C)C)cc1)B1O[C@@H]2C[C@H]3C[C@H](C3(C)C)[C@]2(C)O1. The number of nitro groups is 1. The molecule has 2 bridgehead atoms. The summed E-state index contributed by atoms with van der Waals surface area (Å²) in [6.45, 7) is 15.0. The number of nitrogens with one attached hydrogen (secondary N) is 3. The second-order valence-corrected chi connectivity index (χ2v) is 14.5. The summed E-state index contributed by atoms with van der Waals surface area (Å²) in [4.78, 5) is 41.4. The molecule has 3 saturated carbocycles. The number of hydrogen-bond acceptors (Lipinski definition) is 8. The Morgan fingerprint density at radius 2 is 1.85 bits per heavy atom. The molecule has 1 aromatic rings. The Balaban J connectivity index is 1.42. The van der Waals surface area contributed by atoms with Gasteiger partial charge < -0.3 is 30.4 Å². The molecule has 1 aliphatic heterocycles. The first-order chi connectivity index (χ1) is 21.6. The zero-order valence-corrected chi connectivity index (χ0v) is 28.2.